The van der Waals surface area contributed by atoms with Gasteiger partial charge in [-0.05, 0) is 55.9 Å². The third-order valence-corrected chi connectivity index (χ3v) is 3.65. The molecule has 92 valence electrons. The average molecular weight is 251 g/mol. The van der Waals surface area contributed by atoms with Gasteiger partial charge in [0.15, 0.2) is 0 Å². The predicted octanol–water partition coefficient (Wildman–Crippen LogP) is 3.65. The summed E-state index contributed by atoms with van der Waals surface area (Å²) >= 11 is 6.07. The summed E-state index contributed by atoms with van der Waals surface area (Å²) < 4.78 is 0. The second kappa shape index (κ2) is 5.67. The number of hydrogen-bond donors (Lipinski definition) is 2. The zero-order valence-electron chi connectivity index (χ0n) is 10.2. The number of benzene rings is 1. The van der Waals surface area contributed by atoms with E-state index in [1.165, 1.54) is 29.5 Å². The molecule has 2 rings (SSSR count). The van der Waals surface area contributed by atoms with Crippen molar-refractivity contribution < 1.29 is 0 Å². The van der Waals surface area contributed by atoms with Crippen LogP contribution in [0.25, 0.3) is 0 Å². The van der Waals surface area contributed by atoms with E-state index in [0.29, 0.717) is 0 Å². The van der Waals surface area contributed by atoms with Gasteiger partial charge in [0.05, 0.1) is 6.04 Å². The molecular formula is C14H19ClN2. The minimum Gasteiger partial charge on any atom is -0.271 e. The summed E-state index contributed by atoms with van der Waals surface area (Å²) in [6, 6.07) is 6.08. The number of nitrogens with two attached hydrogens (primary N) is 1. The van der Waals surface area contributed by atoms with Gasteiger partial charge in [-0.3, -0.25) is 5.84 Å². The molecule has 1 aromatic rings. The van der Waals surface area contributed by atoms with Gasteiger partial charge >= 0.3 is 0 Å². The summed E-state index contributed by atoms with van der Waals surface area (Å²) in [7, 11) is 0. The summed E-state index contributed by atoms with van der Waals surface area (Å²) in [6.07, 6.45) is 7.14. The molecule has 0 bridgehead atoms. The van der Waals surface area contributed by atoms with E-state index >= 15 is 0 Å². The maximum absolute atomic E-state index is 6.07. The van der Waals surface area contributed by atoms with Crippen molar-refractivity contribution in [1.29, 1.82) is 0 Å². The maximum atomic E-state index is 6.07. The van der Waals surface area contributed by atoms with Crippen LogP contribution >= 0.6 is 11.6 Å². The average Bonchev–Trinajstić information content (AvgIpc) is 2.36. The Morgan fingerprint density at radius 2 is 2.18 bits per heavy atom. The molecule has 1 atom stereocenters. The summed E-state index contributed by atoms with van der Waals surface area (Å²) in [6.45, 7) is 2.10. The molecule has 0 radical (unpaired) electrons. The van der Waals surface area contributed by atoms with Gasteiger partial charge in [0.1, 0.15) is 0 Å². The van der Waals surface area contributed by atoms with Gasteiger partial charge in [-0.2, -0.15) is 0 Å². The number of nitrogens with one attached hydrogen (secondary N) is 1. The largest absolute Gasteiger partial charge is 0.271 e. The second-order valence-corrected chi connectivity index (χ2v) is 5.06. The van der Waals surface area contributed by atoms with E-state index in [-0.39, 0.29) is 6.04 Å². The van der Waals surface area contributed by atoms with Crippen LogP contribution in [0.5, 0.6) is 0 Å². The number of halogens is 1. The third kappa shape index (κ3) is 2.89. The molecular weight excluding hydrogens is 232 g/mol. The Labute approximate surface area is 108 Å². The number of rotatable bonds is 3. The van der Waals surface area contributed by atoms with Crippen LogP contribution in [0.1, 0.15) is 42.9 Å². The van der Waals surface area contributed by atoms with E-state index in [9.17, 15) is 0 Å². The zero-order chi connectivity index (χ0) is 12.3. The van der Waals surface area contributed by atoms with E-state index in [4.69, 9.17) is 17.4 Å². The van der Waals surface area contributed by atoms with E-state index in [2.05, 4.69) is 18.4 Å². The van der Waals surface area contributed by atoms with E-state index in [1.54, 1.807) is 0 Å². The summed E-state index contributed by atoms with van der Waals surface area (Å²) in [5, 5.41) is 0.766. The fraction of sp³-hybridized carbons (Fsp3) is 0.429. The Balaban J connectivity index is 2.34. The molecule has 2 nitrogen and oxygen atoms in total. The van der Waals surface area contributed by atoms with Crippen LogP contribution in [-0.4, -0.2) is 0 Å². The molecule has 17 heavy (non-hydrogen) atoms. The van der Waals surface area contributed by atoms with Gasteiger partial charge in [-0.1, -0.05) is 29.3 Å². The van der Waals surface area contributed by atoms with Crippen LogP contribution in [0, 0.1) is 6.92 Å². The molecule has 0 heterocycles. The molecule has 0 aliphatic heterocycles. The van der Waals surface area contributed by atoms with Crippen LogP contribution in [0.15, 0.2) is 29.8 Å². The number of allylic oxidation sites excluding steroid dienone is 1. The highest BCUT2D eigenvalue weighted by Gasteiger charge is 2.18. The van der Waals surface area contributed by atoms with Crippen molar-refractivity contribution in [3.63, 3.8) is 0 Å². The topological polar surface area (TPSA) is 38.0 Å². The highest BCUT2D eigenvalue weighted by atomic mass is 35.5. The Kier molecular flexibility index (Phi) is 4.21. The first-order chi connectivity index (χ1) is 8.22. The Morgan fingerprint density at radius 3 is 2.82 bits per heavy atom. The predicted molar refractivity (Wildman–Crippen MR) is 72.8 cm³/mol. The van der Waals surface area contributed by atoms with Crippen LogP contribution in [0.4, 0.5) is 0 Å². The van der Waals surface area contributed by atoms with Crippen molar-refractivity contribution >= 4 is 11.6 Å². The summed E-state index contributed by atoms with van der Waals surface area (Å²) in [4.78, 5) is 0. The van der Waals surface area contributed by atoms with E-state index in [0.717, 1.165) is 17.9 Å². The highest BCUT2D eigenvalue weighted by Crippen LogP contribution is 2.32. The molecule has 0 fully saturated rings. The summed E-state index contributed by atoms with van der Waals surface area (Å²) in [5.74, 6) is 5.72. The SMILES string of the molecule is Cc1ccc(Cl)cc1C(NN)C1=CCCCC1. The number of hydrogen-bond acceptors (Lipinski definition) is 2. The van der Waals surface area contributed by atoms with Gasteiger partial charge in [0.2, 0.25) is 0 Å². The fourth-order valence-electron chi connectivity index (χ4n) is 2.44. The van der Waals surface area contributed by atoms with Crippen molar-refractivity contribution in [2.75, 3.05) is 0 Å². The van der Waals surface area contributed by atoms with Gasteiger partial charge < -0.3 is 0 Å². The van der Waals surface area contributed by atoms with Crippen molar-refractivity contribution in [2.24, 2.45) is 5.84 Å². The molecule has 0 saturated heterocycles. The molecule has 1 aromatic carbocycles. The molecule has 3 heteroatoms. The number of hydrazine groups is 1. The van der Waals surface area contributed by atoms with Crippen LogP contribution in [-0.2, 0) is 0 Å². The lowest BCUT2D eigenvalue weighted by Gasteiger charge is -2.24. The van der Waals surface area contributed by atoms with Gasteiger partial charge in [0.25, 0.3) is 0 Å². The second-order valence-electron chi connectivity index (χ2n) is 4.63. The molecule has 1 unspecified atom stereocenters. The molecule has 0 amide bonds. The highest BCUT2D eigenvalue weighted by molar-refractivity contribution is 6.30. The fourth-order valence-corrected chi connectivity index (χ4v) is 2.62. The minimum atomic E-state index is 0.106. The lowest BCUT2D eigenvalue weighted by Crippen LogP contribution is -2.30. The van der Waals surface area contributed by atoms with Crippen molar-refractivity contribution in [3.8, 4) is 0 Å². The zero-order valence-corrected chi connectivity index (χ0v) is 10.9. The maximum Gasteiger partial charge on any atom is 0.0673 e. The molecule has 0 saturated carbocycles. The quantitative estimate of drug-likeness (QED) is 0.488. The van der Waals surface area contributed by atoms with Crippen molar-refractivity contribution in [3.05, 3.63) is 46.0 Å². The van der Waals surface area contributed by atoms with Gasteiger partial charge in [0, 0.05) is 5.02 Å². The van der Waals surface area contributed by atoms with Crippen LogP contribution in [0.3, 0.4) is 0 Å². The first kappa shape index (κ1) is 12.6. The Morgan fingerprint density at radius 1 is 1.35 bits per heavy atom. The van der Waals surface area contributed by atoms with Crippen molar-refractivity contribution in [2.45, 2.75) is 38.6 Å². The van der Waals surface area contributed by atoms with E-state index < -0.39 is 0 Å². The van der Waals surface area contributed by atoms with Crippen LogP contribution < -0.4 is 11.3 Å². The first-order valence-electron chi connectivity index (χ1n) is 6.13. The van der Waals surface area contributed by atoms with E-state index in [1.807, 2.05) is 18.2 Å². The van der Waals surface area contributed by atoms with Gasteiger partial charge in [-0.25, -0.2) is 5.43 Å². The Hall–Kier alpha value is -0.830. The first-order valence-corrected chi connectivity index (χ1v) is 6.51. The third-order valence-electron chi connectivity index (χ3n) is 3.42. The lowest BCUT2D eigenvalue weighted by molar-refractivity contribution is 0.564. The Bertz CT molecular complexity index is 426. The molecule has 3 N–H and O–H groups in total. The monoisotopic (exact) mass is 250 g/mol. The van der Waals surface area contributed by atoms with Crippen LogP contribution in [0.2, 0.25) is 5.02 Å². The molecule has 0 aromatic heterocycles. The standard InChI is InChI=1S/C14H19ClN2/c1-10-7-8-12(15)9-13(10)14(17-16)11-5-3-2-4-6-11/h5,7-9,14,17H,2-4,6,16H2,1H3. The molecule has 0 spiro atoms. The molecule has 1 aliphatic rings. The lowest BCUT2D eigenvalue weighted by atomic mass is 9.88. The van der Waals surface area contributed by atoms with Gasteiger partial charge in [-0.15, -0.1) is 0 Å². The molecule has 1 aliphatic carbocycles. The summed E-state index contributed by atoms with van der Waals surface area (Å²) in [5.41, 5.74) is 6.74. The van der Waals surface area contributed by atoms with Crippen molar-refractivity contribution in [1.82, 2.24) is 5.43 Å². The number of aryl methyl sites for hydroxylation is 1. The minimum absolute atomic E-state index is 0.106. The normalized spacial score (nSPS) is 17.7. The smallest absolute Gasteiger partial charge is 0.0673 e.